The van der Waals surface area contributed by atoms with Gasteiger partial charge in [-0.2, -0.15) is 0 Å². The van der Waals surface area contributed by atoms with Gasteiger partial charge in [0.2, 0.25) is 5.91 Å². The zero-order valence-corrected chi connectivity index (χ0v) is 15.2. The highest BCUT2D eigenvalue weighted by molar-refractivity contribution is 7.91. The van der Waals surface area contributed by atoms with E-state index in [0.29, 0.717) is 11.3 Å². The lowest BCUT2D eigenvalue weighted by Gasteiger charge is -2.18. The SMILES string of the molecule is Cc1ccc(NC(=O)CCS(=O)(=O)c2ccc3c(c2)NC(=O)CO3)cc1F. The minimum absolute atomic E-state index is 0.0266. The maximum Gasteiger partial charge on any atom is 0.262 e. The smallest absolute Gasteiger partial charge is 0.262 e. The zero-order chi connectivity index (χ0) is 19.6. The number of anilines is 2. The second kappa shape index (κ2) is 7.36. The van der Waals surface area contributed by atoms with Gasteiger partial charge in [0.15, 0.2) is 16.4 Å². The van der Waals surface area contributed by atoms with Crippen LogP contribution in [0.3, 0.4) is 0 Å². The number of halogens is 1. The quantitative estimate of drug-likeness (QED) is 0.813. The summed E-state index contributed by atoms with van der Waals surface area (Å²) in [6.45, 7) is 1.47. The lowest BCUT2D eigenvalue weighted by Crippen LogP contribution is -2.25. The first-order valence-corrected chi connectivity index (χ1v) is 9.75. The number of carbonyl (C=O) groups is 2. The third-order valence-corrected chi connectivity index (χ3v) is 5.71. The average Bonchev–Trinajstić information content (AvgIpc) is 2.62. The number of amides is 2. The van der Waals surface area contributed by atoms with Gasteiger partial charge in [-0.3, -0.25) is 9.59 Å². The molecule has 2 aromatic carbocycles. The maximum atomic E-state index is 13.5. The van der Waals surface area contributed by atoms with Crippen molar-refractivity contribution >= 4 is 33.0 Å². The fourth-order valence-corrected chi connectivity index (χ4v) is 3.76. The summed E-state index contributed by atoms with van der Waals surface area (Å²) in [6, 6.07) is 8.35. The lowest BCUT2D eigenvalue weighted by atomic mass is 10.2. The highest BCUT2D eigenvalue weighted by Gasteiger charge is 2.22. The number of carbonyl (C=O) groups excluding carboxylic acids is 2. The van der Waals surface area contributed by atoms with Gasteiger partial charge in [0.05, 0.1) is 16.3 Å². The molecular formula is C18H17FN2O5S. The van der Waals surface area contributed by atoms with E-state index in [-0.39, 0.29) is 35.2 Å². The number of benzene rings is 2. The van der Waals surface area contributed by atoms with Crippen LogP contribution in [0.25, 0.3) is 0 Å². The Morgan fingerprint density at radius 2 is 2.04 bits per heavy atom. The van der Waals surface area contributed by atoms with E-state index in [2.05, 4.69) is 10.6 Å². The summed E-state index contributed by atoms with van der Waals surface area (Å²) in [5.41, 5.74) is 0.972. The molecule has 27 heavy (non-hydrogen) atoms. The topological polar surface area (TPSA) is 102 Å². The molecule has 9 heteroatoms. The van der Waals surface area contributed by atoms with Gasteiger partial charge in [-0.15, -0.1) is 0 Å². The summed E-state index contributed by atoms with van der Waals surface area (Å²) in [5, 5.41) is 5.01. The molecular weight excluding hydrogens is 375 g/mol. The second-order valence-electron chi connectivity index (χ2n) is 6.08. The van der Waals surface area contributed by atoms with E-state index in [1.807, 2.05) is 0 Å². The number of hydrogen-bond donors (Lipinski definition) is 2. The predicted molar refractivity (Wildman–Crippen MR) is 97.0 cm³/mol. The van der Waals surface area contributed by atoms with E-state index in [4.69, 9.17) is 4.74 Å². The molecule has 0 radical (unpaired) electrons. The Bertz CT molecular complexity index is 1020. The van der Waals surface area contributed by atoms with Crippen LogP contribution in [-0.2, 0) is 19.4 Å². The van der Waals surface area contributed by atoms with Crippen LogP contribution in [0.15, 0.2) is 41.3 Å². The van der Waals surface area contributed by atoms with Gasteiger partial charge in [0, 0.05) is 12.1 Å². The van der Waals surface area contributed by atoms with Gasteiger partial charge >= 0.3 is 0 Å². The van der Waals surface area contributed by atoms with Crippen molar-refractivity contribution in [2.75, 3.05) is 23.0 Å². The molecule has 0 atom stereocenters. The third-order valence-electron chi connectivity index (χ3n) is 4.00. The van der Waals surface area contributed by atoms with Crippen LogP contribution in [0, 0.1) is 12.7 Å². The molecule has 0 spiro atoms. The first-order valence-electron chi connectivity index (χ1n) is 8.10. The molecule has 0 aromatic heterocycles. The van der Waals surface area contributed by atoms with Crippen LogP contribution >= 0.6 is 0 Å². The Balaban J connectivity index is 1.66. The van der Waals surface area contributed by atoms with Crippen molar-refractivity contribution in [3.8, 4) is 5.75 Å². The molecule has 142 valence electrons. The van der Waals surface area contributed by atoms with Gasteiger partial charge in [0.25, 0.3) is 5.91 Å². The monoisotopic (exact) mass is 392 g/mol. The van der Waals surface area contributed by atoms with E-state index in [0.717, 1.165) is 0 Å². The molecule has 0 saturated carbocycles. The molecule has 2 N–H and O–H groups in total. The molecule has 0 fully saturated rings. The highest BCUT2D eigenvalue weighted by Crippen LogP contribution is 2.30. The minimum atomic E-state index is -3.76. The summed E-state index contributed by atoms with van der Waals surface area (Å²) in [5.74, 6) is -1.43. The summed E-state index contributed by atoms with van der Waals surface area (Å²) in [4.78, 5) is 23.3. The van der Waals surface area contributed by atoms with E-state index in [1.165, 1.54) is 36.4 Å². The Morgan fingerprint density at radius 1 is 1.26 bits per heavy atom. The van der Waals surface area contributed by atoms with Crippen LogP contribution < -0.4 is 15.4 Å². The third kappa shape index (κ3) is 4.43. The molecule has 0 saturated heterocycles. The Hall–Kier alpha value is -2.94. The number of rotatable bonds is 5. The molecule has 0 bridgehead atoms. The van der Waals surface area contributed by atoms with Crippen LogP contribution in [0.1, 0.15) is 12.0 Å². The normalized spacial score (nSPS) is 13.3. The molecule has 7 nitrogen and oxygen atoms in total. The van der Waals surface area contributed by atoms with Gasteiger partial charge in [-0.25, -0.2) is 12.8 Å². The van der Waals surface area contributed by atoms with E-state index >= 15 is 0 Å². The van der Waals surface area contributed by atoms with E-state index < -0.39 is 27.3 Å². The van der Waals surface area contributed by atoms with Crippen molar-refractivity contribution in [3.63, 3.8) is 0 Å². The summed E-state index contributed by atoms with van der Waals surface area (Å²) in [6.07, 6.45) is -0.294. The van der Waals surface area contributed by atoms with Gasteiger partial charge in [-0.05, 0) is 42.8 Å². The molecule has 3 rings (SSSR count). The standard InChI is InChI=1S/C18H17FN2O5S/c1-11-2-3-12(8-14(11)19)20-17(22)6-7-27(24,25)13-4-5-16-15(9-13)21-18(23)10-26-16/h2-5,8-9H,6-7,10H2,1H3,(H,20,22)(H,21,23). The predicted octanol–water partition coefficient (Wildman–Crippen LogP) is 2.27. The Labute approximate surface area is 155 Å². The Kier molecular flexibility index (Phi) is 5.13. The van der Waals surface area contributed by atoms with Crippen molar-refractivity contribution in [1.29, 1.82) is 0 Å². The lowest BCUT2D eigenvalue weighted by molar-refractivity contribution is -0.118. The number of ether oxygens (including phenoxy) is 1. The van der Waals surface area contributed by atoms with Gasteiger partial charge < -0.3 is 15.4 Å². The van der Waals surface area contributed by atoms with Crippen LogP contribution in [0.4, 0.5) is 15.8 Å². The summed E-state index contributed by atoms with van der Waals surface area (Å²) in [7, 11) is -3.76. The average molecular weight is 392 g/mol. The molecule has 1 aliphatic heterocycles. The van der Waals surface area contributed by atoms with E-state index in [9.17, 15) is 22.4 Å². The minimum Gasteiger partial charge on any atom is -0.482 e. The number of nitrogens with one attached hydrogen (secondary N) is 2. The van der Waals surface area contributed by atoms with Crippen molar-refractivity contribution in [3.05, 3.63) is 47.8 Å². The van der Waals surface area contributed by atoms with Gasteiger partial charge in [-0.1, -0.05) is 6.07 Å². The molecule has 1 aliphatic rings. The van der Waals surface area contributed by atoms with E-state index in [1.54, 1.807) is 6.92 Å². The first-order chi connectivity index (χ1) is 12.7. The molecule has 2 amide bonds. The zero-order valence-electron chi connectivity index (χ0n) is 14.4. The van der Waals surface area contributed by atoms with Crippen molar-refractivity contribution in [2.24, 2.45) is 0 Å². The molecule has 2 aromatic rings. The number of hydrogen-bond acceptors (Lipinski definition) is 5. The summed E-state index contributed by atoms with van der Waals surface area (Å²) >= 11 is 0. The molecule has 0 unspecified atom stereocenters. The molecule has 1 heterocycles. The van der Waals surface area contributed by atoms with Gasteiger partial charge in [0.1, 0.15) is 11.6 Å². The van der Waals surface area contributed by atoms with Crippen molar-refractivity contribution in [2.45, 2.75) is 18.2 Å². The largest absolute Gasteiger partial charge is 0.482 e. The number of aryl methyl sites for hydroxylation is 1. The van der Waals surface area contributed by atoms with Crippen molar-refractivity contribution < 1.29 is 27.1 Å². The van der Waals surface area contributed by atoms with Crippen molar-refractivity contribution in [1.82, 2.24) is 0 Å². The molecule has 0 aliphatic carbocycles. The fourth-order valence-electron chi connectivity index (χ4n) is 2.49. The number of sulfone groups is 1. The highest BCUT2D eigenvalue weighted by atomic mass is 32.2. The second-order valence-corrected chi connectivity index (χ2v) is 8.18. The van der Waals surface area contributed by atoms with Crippen LogP contribution in [0.2, 0.25) is 0 Å². The maximum absolute atomic E-state index is 13.5. The Morgan fingerprint density at radius 3 is 2.78 bits per heavy atom. The fraction of sp³-hybridized carbons (Fsp3) is 0.222. The van der Waals surface area contributed by atoms with Crippen LogP contribution in [0.5, 0.6) is 5.75 Å². The summed E-state index contributed by atoms with van der Waals surface area (Å²) < 4.78 is 43.6. The van der Waals surface area contributed by atoms with Crippen LogP contribution in [-0.4, -0.2) is 32.6 Å². The first kappa shape index (κ1) is 18.8. The number of fused-ring (bicyclic) bond motifs is 1.